The van der Waals surface area contributed by atoms with Crippen LogP contribution >= 0.6 is 0 Å². The molecule has 1 rings (SSSR count). The minimum Gasteiger partial charge on any atom is -0.466 e. The fourth-order valence-corrected chi connectivity index (χ4v) is 2.09. The van der Waals surface area contributed by atoms with Crippen LogP contribution < -0.4 is 0 Å². The van der Waals surface area contributed by atoms with Crippen LogP contribution in [0.4, 0.5) is 0 Å². The first-order valence-electron chi connectivity index (χ1n) is 6.52. The van der Waals surface area contributed by atoms with Crippen LogP contribution in [0.1, 0.15) is 40.0 Å². The maximum absolute atomic E-state index is 11.5. The van der Waals surface area contributed by atoms with Crippen LogP contribution in [-0.2, 0) is 9.53 Å². The van der Waals surface area contributed by atoms with Gasteiger partial charge in [-0.25, -0.2) is 0 Å². The molecule has 94 valence electrons. The molecule has 3 heteroatoms. The average molecular weight is 227 g/mol. The van der Waals surface area contributed by atoms with E-state index in [1.54, 1.807) is 0 Å². The number of nitrogens with zero attached hydrogens (tertiary/aromatic N) is 1. The summed E-state index contributed by atoms with van der Waals surface area (Å²) in [5.74, 6) is 0.920. The van der Waals surface area contributed by atoms with Gasteiger partial charge in [0.2, 0.25) is 0 Å². The van der Waals surface area contributed by atoms with E-state index in [-0.39, 0.29) is 11.9 Å². The van der Waals surface area contributed by atoms with Crippen molar-refractivity contribution in [1.29, 1.82) is 0 Å². The van der Waals surface area contributed by atoms with Crippen molar-refractivity contribution in [3.63, 3.8) is 0 Å². The maximum Gasteiger partial charge on any atom is 0.309 e. The van der Waals surface area contributed by atoms with Gasteiger partial charge in [-0.15, -0.1) is 0 Å². The Hall–Kier alpha value is -0.570. The van der Waals surface area contributed by atoms with Crippen LogP contribution in [0.15, 0.2) is 0 Å². The van der Waals surface area contributed by atoms with Crippen molar-refractivity contribution < 1.29 is 9.53 Å². The summed E-state index contributed by atoms with van der Waals surface area (Å²) in [6.07, 6.45) is 3.19. The summed E-state index contributed by atoms with van der Waals surface area (Å²) in [7, 11) is 0. The predicted octanol–water partition coefficient (Wildman–Crippen LogP) is 2.31. The third kappa shape index (κ3) is 4.52. The SMILES string of the molecule is CCOC(=O)C1CCN(CCC(C)C)CC1. The van der Waals surface area contributed by atoms with E-state index in [0.717, 1.165) is 31.8 Å². The number of esters is 1. The monoisotopic (exact) mass is 227 g/mol. The summed E-state index contributed by atoms with van der Waals surface area (Å²) in [4.78, 5) is 14.0. The molecule has 0 bridgehead atoms. The molecular formula is C13H25NO2. The Bertz CT molecular complexity index is 208. The molecule has 1 fully saturated rings. The fourth-order valence-electron chi connectivity index (χ4n) is 2.09. The van der Waals surface area contributed by atoms with E-state index in [1.807, 2.05) is 6.92 Å². The average Bonchev–Trinajstić information content (AvgIpc) is 2.27. The van der Waals surface area contributed by atoms with E-state index in [1.165, 1.54) is 13.0 Å². The fraction of sp³-hybridized carbons (Fsp3) is 0.923. The summed E-state index contributed by atoms with van der Waals surface area (Å²) in [5.41, 5.74) is 0. The lowest BCUT2D eigenvalue weighted by atomic mass is 9.96. The first-order valence-corrected chi connectivity index (χ1v) is 6.52. The molecule has 0 aromatic rings. The quantitative estimate of drug-likeness (QED) is 0.675. The second-order valence-corrected chi connectivity index (χ2v) is 5.05. The number of carbonyl (C=O) groups is 1. The van der Waals surface area contributed by atoms with Crippen LogP contribution in [0.2, 0.25) is 0 Å². The topological polar surface area (TPSA) is 29.5 Å². The van der Waals surface area contributed by atoms with Crippen molar-refractivity contribution >= 4 is 5.97 Å². The van der Waals surface area contributed by atoms with Crippen LogP contribution in [-0.4, -0.2) is 37.1 Å². The molecule has 1 saturated heterocycles. The number of carbonyl (C=O) groups excluding carboxylic acids is 1. The Labute approximate surface area is 99.1 Å². The highest BCUT2D eigenvalue weighted by Crippen LogP contribution is 2.19. The van der Waals surface area contributed by atoms with Crippen LogP contribution in [0.5, 0.6) is 0 Å². The normalized spacial score (nSPS) is 19.0. The lowest BCUT2D eigenvalue weighted by molar-refractivity contribution is -0.149. The predicted molar refractivity (Wildman–Crippen MR) is 65.3 cm³/mol. The zero-order chi connectivity index (χ0) is 12.0. The lowest BCUT2D eigenvalue weighted by Gasteiger charge is -2.31. The van der Waals surface area contributed by atoms with Crippen molar-refractivity contribution in [2.45, 2.75) is 40.0 Å². The summed E-state index contributed by atoms with van der Waals surface area (Å²) in [6.45, 7) is 10.2. The minimum atomic E-state index is 0.00556. The molecule has 1 heterocycles. The molecule has 0 spiro atoms. The molecular weight excluding hydrogens is 202 g/mol. The van der Waals surface area contributed by atoms with Crippen molar-refractivity contribution in [1.82, 2.24) is 4.90 Å². The van der Waals surface area contributed by atoms with Gasteiger partial charge in [0, 0.05) is 0 Å². The summed E-state index contributed by atoms with van der Waals surface area (Å²) >= 11 is 0. The summed E-state index contributed by atoms with van der Waals surface area (Å²) in [5, 5.41) is 0. The first kappa shape index (κ1) is 13.5. The highest BCUT2D eigenvalue weighted by atomic mass is 16.5. The van der Waals surface area contributed by atoms with E-state index in [0.29, 0.717) is 6.61 Å². The number of likely N-dealkylation sites (tertiary alicyclic amines) is 1. The zero-order valence-electron chi connectivity index (χ0n) is 10.9. The third-order valence-corrected chi connectivity index (χ3v) is 3.23. The Morgan fingerprint density at radius 3 is 2.50 bits per heavy atom. The molecule has 0 saturated carbocycles. The number of rotatable bonds is 5. The second kappa shape index (κ2) is 6.89. The third-order valence-electron chi connectivity index (χ3n) is 3.23. The highest BCUT2D eigenvalue weighted by Gasteiger charge is 2.25. The lowest BCUT2D eigenvalue weighted by Crippen LogP contribution is -2.37. The molecule has 0 radical (unpaired) electrons. The van der Waals surface area contributed by atoms with E-state index < -0.39 is 0 Å². The largest absolute Gasteiger partial charge is 0.466 e. The number of piperidine rings is 1. The summed E-state index contributed by atoms with van der Waals surface area (Å²) in [6, 6.07) is 0. The van der Waals surface area contributed by atoms with Gasteiger partial charge in [-0.05, 0) is 51.7 Å². The number of hydrogen-bond donors (Lipinski definition) is 0. The molecule has 0 amide bonds. The van der Waals surface area contributed by atoms with Crippen LogP contribution in [0.3, 0.4) is 0 Å². The molecule has 1 aliphatic rings. The van der Waals surface area contributed by atoms with Gasteiger partial charge in [-0.1, -0.05) is 13.8 Å². The van der Waals surface area contributed by atoms with E-state index in [2.05, 4.69) is 18.7 Å². The van der Waals surface area contributed by atoms with Crippen molar-refractivity contribution in [3.05, 3.63) is 0 Å². The molecule has 0 aromatic carbocycles. The van der Waals surface area contributed by atoms with Crippen molar-refractivity contribution in [3.8, 4) is 0 Å². The molecule has 16 heavy (non-hydrogen) atoms. The number of hydrogen-bond acceptors (Lipinski definition) is 3. The van der Waals surface area contributed by atoms with E-state index in [9.17, 15) is 4.79 Å². The Morgan fingerprint density at radius 2 is 2.00 bits per heavy atom. The maximum atomic E-state index is 11.5. The van der Waals surface area contributed by atoms with Gasteiger partial charge >= 0.3 is 5.97 Å². The van der Waals surface area contributed by atoms with Gasteiger partial charge in [-0.2, -0.15) is 0 Å². The molecule has 0 unspecified atom stereocenters. The van der Waals surface area contributed by atoms with Crippen molar-refractivity contribution in [2.75, 3.05) is 26.2 Å². The molecule has 0 N–H and O–H groups in total. The van der Waals surface area contributed by atoms with Crippen LogP contribution in [0, 0.1) is 11.8 Å². The van der Waals surface area contributed by atoms with Gasteiger partial charge in [-0.3, -0.25) is 4.79 Å². The smallest absolute Gasteiger partial charge is 0.309 e. The Balaban J connectivity index is 2.20. The molecule has 1 aliphatic heterocycles. The van der Waals surface area contributed by atoms with E-state index in [4.69, 9.17) is 4.74 Å². The summed E-state index contributed by atoms with van der Waals surface area (Å²) < 4.78 is 5.06. The Morgan fingerprint density at radius 1 is 1.38 bits per heavy atom. The number of ether oxygens (including phenoxy) is 1. The first-order chi connectivity index (χ1) is 7.63. The van der Waals surface area contributed by atoms with Gasteiger partial charge in [0.05, 0.1) is 12.5 Å². The molecule has 3 nitrogen and oxygen atoms in total. The highest BCUT2D eigenvalue weighted by molar-refractivity contribution is 5.72. The van der Waals surface area contributed by atoms with Crippen LogP contribution in [0.25, 0.3) is 0 Å². The molecule has 0 aromatic heterocycles. The van der Waals surface area contributed by atoms with Gasteiger partial charge in [0.1, 0.15) is 0 Å². The zero-order valence-corrected chi connectivity index (χ0v) is 10.9. The molecule has 0 atom stereocenters. The second-order valence-electron chi connectivity index (χ2n) is 5.05. The van der Waals surface area contributed by atoms with Crippen molar-refractivity contribution in [2.24, 2.45) is 11.8 Å². The van der Waals surface area contributed by atoms with Gasteiger partial charge in [0.25, 0.3) is 0 Å². The molecule has 0 aliphatic carbocycles. The standard InChI is InChI=1S/C13H25NO2/c1-4-16-13(15)12-6-9-14(10-7-12)8-5-11(2)3/h11-12H,4-10H2,1-3H3. The minimum absolute atomic E-state index is 0.00556. The van der Waals surface area contributed by atoms with Gasteiger partial charge < -0.3 is 9.64 Å². The van der Waals surface area contributed by atoms with Gasteiger partial charge in [0.15, 0.2) is 0 Å². The Kier molecular flexibility index (Phi) is 5.81. The van der Waals surface area contributed by atoms with E-state index >= 15 is 0 Å².